The Hall–Kier alpha value is -2.60. The monoisotopic (exact) mass is 392 g/mol. The van der Waals surface area contributed by atoms with Gasteiger partial charge in [-0.2, -0.15) is 13.2 Å². The van der Waals surface area contributed by atoms with E-state index in [0.29, 0.717) is 6.42 Å². The van der Waals surface area contributed by atoms with E-state index in [0.717, 1.165) is 18.2 Å². The number of esters is 1. The summed E-state index contributed by atoms with van der Waals surface area (Å²) in [5.74, 6) is -1.48. The van der Waals surface area contributed by atoms with E-state index in [2.05, 4.69) is 0 Å². The van der Waals surface area contributed by atoms with Crippen LogP contribution in [0.1, 0.15) is 31.4 Å². The fourth-order valence-corrected chi connectivity index (χ4v) is 3.04. The number of halogens is 3. The first-order chi connectivity index (χ1) is 13.2. The molecule has 0 aromatic heterocycles. The molecule has 0 N–H and O–H groups in total. The minimum absolute atomic E-state index is 0.299. The van der Waals surface area contributed by atoms with Crippen molar-refractivity contribution >= 4 is 12.0 Å². The zero-order valence-electron chi connectivity index (χ0n) is 16.0. The largest absolute Gasteiger partial charge is 0.460 e. The number of carbonyl (C=O) groups excluding carboxylic acids is 1. The molecule has 0 aliphatic carbocycles. The molecule has 0 aliphatic heterocycles. The molecule has 0 unspecified atom stereocenters. The van der Waals surface area contributed by atoms with Crippen LogP contribution in [0.5, 0.6) is 0 Å². The number of methoxy groups -OCH3 is 1. The first-order valence-electron chi connectivity index (χ1n) is 8.81. The van der Waals surface area contributed by atoms with Crippen LogP contribution in [-0.2, 0) is 19.9 Å². The van der Waals surface area contributed by atoms with E-state index in [1.807, 2.05) is 43.3 Å². The van der Waals surface area contributed by atoms with Crippen molar-refractivity contribution in [2.45, 2.75) is 38.1 Å². The molecule has 2 rings (SSSR count). The second-order valence-electron chi connectivity index (χ2n) is 6.57. The summed E-state index contributed by atoms with van der Waals surface area (Å²) in [7, 11) is 0.854. The first-order valence-corrected chi connectivity index (χ1v) is 8.81. The third-order valence-corrected chi connectivity index (χ3v) is 4.30. The fraction of sp³-hybridized carbons (Fsp3) is 0.318. The minimum atomic E-state index is -4.98. The fourth-order valence-electron chi connectivity index (χ4n) is 3.04. The van der Waals surface area contributed by atoms with Gasteiger partial charge in [0.2, 0.25) is 0 Å². The van der Waals surface area contributed by atoms with E-state index in [-0.39, 0.29) is 5.56 Å². The van der Waals surface area contributed by atoms with Gasteiger partial charge in [-0.15, -0.1) is 0 Å². The topological polar surface area (TPSA) is 35.5 Å². The van der Waals surface area contributed by atoms with Gasteiger partial charge in [-0.1, -0.05) is 72.3 Å². The molecule has 0 aliphatic rings. The molecular weight excluding hydrogens is 369 g/mol. The van der Waals surface area contributed by atoms with E-state index in [4.69, 9.17) is 9.47 Å². The summed E-state index contributed by atoms with van der Waals surface area (Å²) in [6.07, 6.45) is -3.54. The van der Waals surface area contributed by atoms with Crippen LogP contribution in [0, 0.1) is 0 Å². The Morgan fingerprint density at radius 3 is 2.07 bits per heavy atom. The Kier molecular flexibility index (Phi) is 7.02. The number of hydrogen-bond donors (Lipinski definition) is 0. The van der Waals surface area contributed by atoms with Gasteiger partial charge in [0.25, 0.3) is 5.60 Å². The number of ether oxygens (including phenoxy) is 2. The highest BCUT2D eigenvalue weighted by molar-refractivity contribution is 5.82. The highest BCUT2D eigenvalue weighted by Crippen LogP contribution is 2.43. The molecule has 28 heavy (non-hydrogen) atoms. The molecular formula is C22H23F3O3. The second kappa shape index (κ2) is 9.06. The molecule has 0 bridgehead atoms. The van der Waals surface area contributed by atoms with Crippen molar-refractivity contribution < 1.29 is 27.4 Å². The van der Waals surface area contributed by atoms with Gasteiger partial charge < -0.3 is 9.47 Å². The van der Waals surface area contributed by atoms with Crippen molar-refractivity contribution in [2.75, 3.05) is 7.11 Å². The molecule has 2 aromatic rings. The Labute approximate surface area is 162 Å². The predicted molar refractivity (Wildman–Crippen MR) is 101 cm³/mol. The average Bonchev–Trinajstić information content (AvgIpc) is 2.63. The second-order valence-corrected chi connectivity index (χ2v) is 6.57. The van der Waals surface area contributed by atoms with Crippen molar-refractivity contribution in [3.63, 3.8) is 0 Å². The van der Waals surface area contributed by atoms with Crippen molar-refractivity contribution in [1.29, 1.82) is 0 Å². The van der Waals surface area contributed by atoms with Crippen LogP contribution in [0.2, 0.25) is 0 Å². The molecule has 0 amide bonds. The molecule has 3 nitrogen and oxygen atoms in total. The summed E-state index contributed by atoms with van der Waals surface area (Å²) in [6, 6.07) is 16.3. The molecule has 6 heteroatoms. The molecule has 2 atom stereocenters. The van der Waals surface area contributed by atoms with Gasteiger partial charge in [-0.3, -0.25) is 0 Å². The van der Waals surface area contributed by atoms with Gasteiger partial charge >= 0.3 is 12.1 Å². The maximum absolute atomic E-state index is 13.9. The van der Waals surface area contributed by atoms with Crippen LogP contribution in [0.25, 0.3) is 6.08 Å². The summed E-state index contributed by atoms with van der Waals surface area (Å²) in [6.45, 7) is 3.39. The molecule has 0 saturated heterocycles. The van der Waals surface area contributed by atoms with E-state index >= 15 is 0 Å². The highest BCUT2D eigenvalue weighted by atomic mass is 19.4. The lowest BCUT2D eigenvalue weighted by atomic mass is 9.92. The maximum atomic E-state index is 13.9. The van der Waals surface area contributed by atoms with Crippen LogP contribution in [-0.4, -0.2) is 25.4 Å². The van der Waals surface area contributed by atoms with Gasteiger partial charge in [-0.05, 0) is 19.4 Å². The van der Waals surface area contributed by atoms with E-state index in [9.17, 15) is 18.0 Å². The summed E-state index contributed by atoms with van der Waals surface area (Å²) >= 11 is 0. The molecule has 2 aromatic carbocycles. The van der Waals surface area contributed by atoms with Gasteiger partial charge in [0.05, 0.1) is 0 Å². The molecule has 0 heterocycles. The third kappa shape index (κ3) is 4.81. The van der Waals surface area contributed by atoms with E-state index < -0.39 is 23.9 Å². The van der Waals surface area contributed by atoms with Crippen LogP contribution in [0.4, 0.5) is 13.2 Å². The predicted octanol–water partition coefficient (Wildman–Crippen LogP) is 5.52. The van der Waals surface area contributed by atoms with Crippen molar-refractivity contribution in [1.82, 2.24) is 0 Å². The molecule has 0 saturated carbocycles. The number of rotatable bonds is 7. The van der Waals surface area contributed by atoms with Crippen molar-refractivity contribution in [3.8, 4) is 0 Å². The Bertz CT molecular complexity index is 801. The third-order valence-electron chi connectivity index (χ3n) is 4.30. The minimum Gasteiger partial charge on any atom is -0.460 e. The van der Waals surface area contributed by atoms with Crippen LogP contribution >= 0.6 is 0 Å². The normalized spacial score (nSPS) is 15.6. The van der Waals surface area contributed by atoms with Crippen LogP contribution < -0.4 is 0 Å². The number of hydrogen-bond acceptors (Lipinski definition) is 3. The summed E-state index contributed by atoms with van der Waals surface area (Å²) < 4.78 is 51.5. The number of benzene rings is 2. The average molecular weight is 392 g/mol. The quantitative estimate of drug-likeness (QED) is 0.583. The van der Waals surface area contributed by atoms with Crippen LogP contribution in [0.15, 0.2) is 66.2 Å². The summed E-state index contributed by atoms with van der Waals surface area (Å²) in [5, 5.41) is 0. The van der Waals surface area contributed by atoms with Gasteiger partial charge in [0.1, 0.15) is 6.10 Å². The van der Waals surface area contributed by atoms with E-state index in [1.54, 1.807) is 13.0 Å². The SMILES string of the molecule is CO[C@@](C(=O)O[C@@H](C)C/C(C)=C/c1ccccc1)(c1ccccc1)C(F)(F)F. The van der Waals surface area contributed by atoms with Crippen molar-refractivity contribution in [2.24, 2.45) is 0 Å². The van der Waals surface area contributed by atoms with Gasteiger partial charge in [0.15, 0.2) is 0 Å². The Morgan fingerprint density at radius 1 is 1.04 bits per heavy atom. The summed E-state index contributed by atoms with van der Waals surface area (Å²) in [5.41, 5.74) is -1.65. The zero-order valence-corrected chi connectivity index (χ0v) is 16.0. The molecule has 0 radical (unpaired) electrons. The standard InChI is InChI=1S/C22H23F3O3/c1-16(15-18-10-6-4-7-11-18)14-17(2)28-20(26)21(27-3,22(23,24)25)19-12-8-5-9-13-19/h4-13,15,17H,14H2,1-3H3/b16-15+/t17-,21+/m0/s1. The molecule has 0 spiro atoms. The van der Waals surface area contributed by atoms with E-state index in [1.165, 1.54) is 24.3 Å². The number of alkyl halides is 3. The Morgan fingerprint density at radius 2 is 1.57 bits per heavy atom. The lowest BCUT2D eigenvalue weighted by molar-refractivity contribution is -0.277. The lowest BCUT2D eigenvalue weighted by Crippen LogP contribution is -2.52. The van der Waals surface area contributed by atoms with Crippen molar-refractivity contribution in [3.05, 3.63) is 77.4 Å². The summed E-state index contributed by atoms with van der Waals surface area (Å²) in [4.78, 5) is 12.6. The highest BCUT2D eigenvalue weighted by Gasteiger charge is 2.64. The zero-order chi connectivity index (χ0) is 20.8. The first kappa shape index (κ1) is 21.7. The Balaban J connectivity index is 2.20. The maximum Gasteiger partial charge on any atom is 0.432 e. The van der Waals surface area contributed by atoms with Gasteiger partial charge in [0, 0.05) is 19.1 Å². The lowest BCUT2D eigenvalue weighted by Gasteiger charge is -2.33. The van der Waals surface area contributed by atoms with Crippen LogP contribution in [0.3, 0.4) is 0 Å². The smallest absolute Gasteiger partial charge is 0.432 e. The molecule has 150 valence electrons. The van der Waals surface area contributed by atoms with Gasteiger partial charge in [-0.25, -0.2) is 4.79 Å². The molecule has 0 fully saturated rings. The number of carbonyl (C=O) groups is 1.